The van der Waals surface area contributed by atoms with Crippen LogP contribution in [0.15, 0.2) is 97.1 Å². The Morgan fingerprint density at radius 3 is 2.26 bits per heavy atom. The minimum absolute atomic E-state index is 0.0495. The normalized spacial score (nSPS) is 23.9. The predicted octanol–water partition coefficient (Wildman–Crippen LogP) is 5.51. The second-order valence-corrected chi connectivity index (χ2v) is 9.16. The van der Waals surface area contributed by atoms with Gasteiger partial charge in [-0.05, 0) is 35.6 Å². The van der Waals surface area contributed by atoms with Gasteiger partial charge in [-0.1, -0.05) is 84.9 Å². The van der Waals surface area contributed by atoms with Crippen LogP contribution >= 0.6 is 0 Å². The first-order valence-electron chi connectivity index (χ1n) is 11.9. The fourth-order valence-electron chi connectivity index (χ4n) is 5.45. The molecule has 3 aromatic carbocycles. The van der Waals surface area contributed by atoms with Gasteiger partial charge in [-0.25, -0.2) is 0 Å². The van der Waals surface area contributed by atoms with Crippen LogP contribution in [0.3, 0.4) is 0 Å². The summed E-state index contributed by atoms with van der Waals surface area (Å²) >= 11 is 0. The van der Waals surface area contributed by atoms with E-state index in [0.29, 0.717) is 18.7 Å². The summed E-state index contributed by atoms with van der Waals surface area (Å²) in [5.74, 6) is 0.0867. The van der Waals surface area contributed by atoms with E-state index in [4.69, 9.17) is 4.74 Å². The summed E-state index contributed by atoms with van der Waals surface area (Å²) in [5.41, 5.74) is 2.80. The number of hydrogen-bond donors (Lipinski definition) is 0. The summed E-state index contributed by atoms with van der Waals surface area (Å²) in [7, 11) is 1.65. The van der Waals surface area contributed by atoms with Crippen molar-refractivity contribution in [3.8, 4) is 5.75 Å². The molecule has 172 valence electrons. The van der Waals surface area contributed by atoms with E-state index in [1.807, 2.05) is 77.7 Å². The van der Waals surface area contributed by atoms with Crippen LogP contribution in [-0.2, 0) is 11.3 Å². The number of rotatable bonds is 6. The summed E-state index contributed by atoms with van der Waals surface area (Å²) in [6.07, 6.45) is 5.21. The molecule has 0 saturated carbocycles. The number of ether oxygens (including phenoxy) is 1. The van der Waals surface area contributed by atoms with E-state index >= 15 is 0 Å². The highest BCUT2D eigenvalue weighted by Crippen LogP contribution is 2.45. The summed E-state index contributed by atoms with van der Waals surface area (Å²) in [5, 5.41) is 0. The van der Waals surface area contributed by atoms with Gasteiger partial charge in [0.25, 0.3) is 0 Å². The van der Waals surface area contributed by atoms with Gasteiger partial charge < -0.3 is 9.64 Å². The number of piperidine rings is 1. The lowest BCUT2D eigenvalue weighted by Gasteiger charge is -2.44. The maximum Gasteiger partial charge on any atom is 0.227 e. The number of allylic oxidation sites excluding steroid dienone is 2. The van der Waals surface area contributed by atoms with Crippen molar-refractivity contribution >= 4 is 11.7 Å². The smallest absolute Gasteiger partial charge is 0.227 e. The van der Waals surface area contributed by atoms with E-state index in [2.05, 4.69) is 24.3 Å². The lowest BCUT2D eigenvalue weighted by Crippen LogP contribution is -2.51. The highest BCUT2D eigenvalue weighted by molar-refractivity contribution is 6.01. The predicted molar refractivity (Wildman–Crippen MR) is 133 cm³/mol. The van der Waals surface area contributed by atoms with Crippen molar-refractivity contribution in [2.45, 2.75) is 18.9 Å². The molecule has 2 aliphatic rings. The molecule has 0 radical (unpaired) electrons. The molecule has 5 rings (SSSR count). The molecule has 0 N–H and O–H groups in total. The van der Waals surface area contributed by atoms with Crippen molar-refractivity contribution in [1.29, 1.82) is 0 Å². The van der Waals surface area contributed by atoms with Gasteiger partial charge in [0.1, 0.15) is 5.75 Å². The highest BCUT2D eigenvalue weighted by Gasteiger charge is 2.48. The van der Waals surface area contributed by atoms with Crippen LogP contribution in [0.1, 0.15) is 33.8 Å². The van der Waals surface area contributed by atoms with Gasteiger partial charge in [0.05, 0.1) is 13.0 Å². The molecule has 0 spiro atoms. The van der Waals surface area contributed by atoms with Gasteiger partial charge in [0.2, 0.25) is 5.91 Å². The topological polar surface area (TPSA) is 46.6 Å². The molecule has 4 atom stereocenters. The first-order valence-corrected chi connectivity index (χ1v) is 11.9. The number of carbonyl (C=O) groups excluding carboxylic acids is 2. The van der Waals surface area contributed by atoms with E-state index in [1.165, 1.54) is 0 Å². The largest absolute Gasteiger partial charge is 0.497 e. The average molecular weight is 452 g/mol. The number of carbonyl (C=O) groups is 2. The Labute approximate surface area is 200 Å². The summed E-state index contributed by atoms with van der Waals surface area (Å²) in [6, 6.07) is 27.3. The molecule has 4 heteroatoms. The quantitative estimate of drug-likeness (QED) is 0.367. The Kier molecular flexibility index (Phi) is 6.31. The number of amides is 1. The van der Waals surface area contributed by atoms with Crippen LogP contribution in [0.2, 0.25) is 0 Å². The first kappa shape index (κ1) is 22.1. The van der Waals surface area contributed by atoms with E-state index in [0.717, 1.165) is 23.3 Å². The number of likely N-dealkylation sites (tertiary alicyclic amines) is 1. The zero-order chi connectivity index (χ0) is 23.5. The van der Waals surface area contributed by atoms with Gasteiger partial charge in [-0.15, -0.1) is 0 Å². The highest BCUT2D eigenvalue weighted by atomic mass is 16.5. The molecule has 1 amide bonds. The summed E-state index contributed by atoms with van der Waals surface area (Å²) < 4.78 is 5.26. The van der Waals surface area contributed by atoms with Crippen LogP contribution in [-0.4, -0.2) is 30.2 Å². The summed E-state index contributed by atoms with van der Waals surface area (Å²) in [6.45, 7) is 1.23. The fourth-order valence-corrected chi connectivity index (χ4v) is 5.45. The molecule has 34 heavy (non-hydrogen) atoms. The van der Waals surface area contributed by atoms with E-state index in [9.17, 15) is 9.59 Å². The van der Waals surface area contributed by atoms with Crippen LogP contribution < -0.4 is 4.74 Å². The van der Waals surface area contributed by atoms with E-state index in [-0.39, 0.29) is 29.4 Å². The third-order valence-corrected chi connectivity index (χ3v) is 7.21. The minimum Gasteiger partial charge on any atom is -0.497 e. The van der Waals surface area contributed by atoms with Gasteiger partial charge in [0.15, 0.2) is 5.78 Å². The molecule has 1 heterocycles. The monoisotopic (exact) mass is 451 g/mol. The van der Waals surface area contributed by atoms with Crippen LogP contribution in [0.25, 0.3) is 0 Å². The Balaban J connectivity index is 1.49. The Morgan fingerprint density at radius 1 is 0.912 bits per heavy atom. The summed E-state index contributed by atoms with van der Waals surface area (Å²) in [4.78, 5) is 29.8. The Hall–Kier alpha value is -3.66. The minimum atomic E-state index is -0.425. The number of ketones is 1. The van der Waals surface area contributed by atoms with Crippen molar-refractivity contribution in [3.63, 3.8) is 0 Å². The molecule has 0 unspecified atom stereocenters. The molecular weight excluding hydrogens is 422 g/mol. The molecule has 3 aromatic rings. The van der Waals surface area contributed by atoms with E-state index < -0.39 is 5.92 Å². The average Bonchev–Trinajstić information content (AvgIpc) is 2.90. The third-order valence-electron chi connectivity index (χ3n) is 7.21. The van der Waals surface area contributed by atoms with Crippen molar-refractivity contribution in [1.82, 2.24) is 4.90 Å². The van der Waals surface area contributed by atoms with Crippen molar-refractivity contribution < 1.29 is 14.3 Å². The number of hydrogen-bond acceptors (Lipinski definition) is 3. The van der Waals surface area contributed by atoms with Crippen molar-refractivity contribution in [2.24, 2.45) is 17.8 Å². The molecule has 1 fully saturated rings. The van der Waals surface area contributed by atoms with Crippen molar-refractivity contribution in [3.05, 3.63) is 114 Å². The van der Waals surface area contributed by atoms with E-state index in [1.54, 1.807) is 7.11 Å². The maximum atomic E-state index is 13.9. The van der Waals surface area contributed by atoms with Gasteiger partial charge >= 0.3 is 0 Å². The molecule has 1 aliphatic heterocycles. The molecule has 1 aliphatic carbocycles. The standard InChI is InChI=1S/C30H29NO3/c1-34-25-15-12-21(13-16-25)20-31-19-18-23-14-17-26(22-8-4-2-5-9-22)28(27(23)30(31)33)29(32)24-10-6-3-7-11-24/h2-17,23,26-28H,18-20H2,1H3/t23-,26+,27-,28-/m1/s1. The number of fused-ring (bicyclic) bond motifs is 1. The lowest BCUT2D eigenvalue weighted by molar-refractivity contribution is -0.143. The Bertz CT molecular complexity index is 1170. The third kappa shape index (κ3) is 4.28. The number of nitrogens with zero attached hydrogens (tertiary/aromatic N) is 1. The Morgan fingerprint density at radius 2 is 1.59 bits per heavy atom. The van der Waals surface area contributed by atoms with Gasteiger partial charge in [-0.3, -0.25) is 9.59 Å². The number of Topliss-reactive ketones (excluding diaryl/α,β-unsaturated/α-hetero) is 1. The maximum absolute atomic E-state index is 13.9. The number of methoxy groups -OCH3 is 1. The molecule has 4 nitrogen and oxygen atoms in total. The first-order chi connectivity index (χ1) is 16.7. The molecule has 1 saturated heterocycles. The second-order valence-electron chi connectivity index (χ2n) is 9.16. The van der Waals surface area contributed by atoms with Crippen LogP contribution in [0, 0.1) is 17.8 Å². The zero-order valence-corrected chi connectivity index (χ0v) is 19.3. The van der Waals surface area contributed by atoms with Gasteiger partial charge in [-0.2, -0.15) is 0 Å². The van der Waals surface area contributed by atoms with Gasteiger partial charge in [0, 0.05) is 30.5 Å². The van der Waals surface area contributed by atoms with Crippen molar-refractivity contribution in [2.75, 3.05) is 13.7 Å². The fraction of sp³-hybridized carbons (Fsp3) is 0.267. The molecule has 0 aromatic heterocycles. The SMILES string of the molecule is COc1ccc(CN2CC[C@H]3C=C[C@@H](c4ccccc4)[C@@H](C(=O)c4ccccc4)[C@@H]3C2=O)cc1. The van der Waals surface area contributed by atoms with Crippen LogP contribution in [0.5, 0.6) is 5.75 Å². The zero-order valence-electron chi connectivity index (χ0n) is 19.3. The van der Waals surface area contributed by atoms with Crippen LogP contribution in [0.4, 0.5) is 0 Å². The second kappa shape index (κ2) is 9.68. The molecule has 0 bridgehead atoms. The number of benzene rings is 3. The molecular formula is C30H29NO3. The lowest BCUT2D eigenvalue weighted by atomic mass is 9.63.